The molecule has 0 saturated heterocycles. The molecule has 2 aliphatic heterocycles. The zero-order valence-corrected chi connectivity index (χ0v) is 18.4. The number of benzene rings is 3. The summed E-state index contributed by atoms with van der Waals surface area (Å²) in [4.78, 5) is 26.7. The van der Waals surface area contributed by atoms with Gasteiger partial charge in [-0.2, -0.15) is 5.10 Å². The van der Waals surface area contributed by atoms with Gasteiger partial charge in [0.25, 0.3) is 11.8 Å². The van der Waals surface area contributed by atoms with Crippen molar-refractivity contribution >= 4 is 40.1 Å². The Balaban J connectivity index is 1.24. The van der Waals surface area contributed by atoms with Crippen LogP contribution in [0, 0.1) is 0 Å². The lowest BCUT2D eigenvalue weighted by molar-refractivity contribution is -0.121. The Labute approximate surface area is 195 Å². The molecule has 33 heavy (non-hydrogen) atoms. The second-order valence-corrected chi connectivity index (χ2v) is 8.46. The highest BCUT2D eigenvalue weighted by Crippen LogP contribution is 2.32. The number of anilines is 1. The van der Waals surface area contributed by atoms with Gasteiger partial charge in [-0.25, -0.2) is 0 Å². The monoisotopic (exact) mass is 456 g/mol. The number of rotatable bonds is 4. The molecule has 3 aromatic carbocycles. The van der Waals surface area contributed by atoms with E-state index in [1.807, 2.05) is 66.7 Å². The van der Waals surface area contributed by atoms with E-state index < -0.39 is 0 Å². The molecule has 0 unspecified atom stereocenters. The van der Waals surface area contributed by atoms with Crippen LogP contribution in [0.1, 0.15) is 21.5 Å². The summed E-state index contributed by atoms with van der Waals surface area (Å²) in [5.74, 6) is 0.978. The number of carbonyl (C=O) groups excluding carboxylic acids is 2. The normalized spacial score (nSPS) is 15.2. The van der Waals surface area contributed by atoms with Crippen LogP contribution in [-0.2, 0) is 11.3 Å². The summed E-state index contributed by atoms with van der Waals surface area (Å²) in [6, 6.07) is 24.5. The molecule has 0 fully saturated rings. The van der Waals surface area contributed by atoms with Crippen LogP contribution in [0.2, 0.25) is 0 Å². The number of amidine groups is 1. The summed E-state index contributed by atoms with van der Waals surface area (Å²) in [6.07, 6.45) is 0. The van der Waals surface area contributed by atoms with Crippen molar-refractivity contribution in [2.24, 2.45) is 10.2 Å². The van der Waals surface area contributed by atoms with Gasteiger partial charge in [-0.1, -0.05) is 66.4 Å². The fourth-order valence-corrected chi connectivity index (χ4v) is 4.33. The van der Waals surface area contributed by atoms with Gasteiger partial charge in [0.15, 0.2) is 11.8 Å². The van der Waals surface area contributed by atoms with E-state index in [-0.39, 0.29) is 18.4 Å². The molecular formula is C25H20N4O3S. The first-order valence-corrected chi connectivity index (χ1v) is 11.4. The lowest BCUT2D eigenvalue weighted by Crippen LogP contribution is -2.38. The highest BCUT2D eigenvalue weighted by atomic mass is 32.2. The lowest BCUT2D eigenvalue weighted by Gasteiger charge is -2.29. The van der Waals surface area contributed by atoms with E-state index >= 15 is 0 Å². The molecule has 7 nitrogen and oxygen atoms in total. The number of fused-ring (bicyclic) bond motifs is 1. The Kier molecular flexibility index (Phi) is 5.91. The maximum absolute atomic E-state index is 12.6. The van der Waals surface area contributed by atoms with Crippen molar-refractivity contribution in [2.45, 2.75) is 6.54 Å². The van der Waals surface area contributed by atoms with Gasteiger partial charge in [0.05, 0.1) is 17.9 Å². The standard InChI is InChI=1S/C25H20N4O3S/c30-23-15-32-22-9-5-4-8-21(22)29(23)14-17-10-12-19(13-11-17)24(31)26-25-28-27-20(16-33-25)18-6-2-1-3-7-18/h1-13H,14-16H2,(H,26,28,31). The predicted molar refractivity (Wildman–Crippen MR) is 130 cm³/mol. The smallest absolute Gasteiger partial charge is 0.265 e. The second-order valence-electron chi connectivity index (χ2n) is 7.49. The average Bonchev–Trinajstić information content (AvgIpc) is 2.87. The third-order valence-electron chi connectivity index (χ3n) is 5.30. The number of nitrogens with one attached hydrogen (secondary N) is 1. The highest BCUT2D eigenvalue weighted by Gasteiger charge is 2.25. The molecule has 0 aliphatic carbocycles. The second kappa shape index (κ2) is 9.30. The molecule has 3 aromatic rings. The zero-order chi connectivity index (χ0) is 22.6. The molecule has 164 valence electrons. The molecular weight excluding hydrogens is 436 g/mol. The number of amides is 2. The summed E-state index contributed by atoms with van der Waals surface area (Å²) >= 11 is 1.44. The number of thioether (sulfide) groups is 1. The van der Waals surface area contributed by atoms with Crippen LogP contribution in [0.25, 0.3) is 0 Å². The van der Waals surface area contributed by atoms with E-state index in [1.54, 1.807) is 17.0 Å². The van der Waals surface area contributed by atoms with Crippen molar-refractivity contribution in [3.05, 3.63) is 95.6 Å². The number of carbonyl (C=O) groups is 2. The van der Waals surface area contributed by atoms with E-state index in [2.05, 4.69) is 15.5 Å². The fourth-order valence-electron chi connectivity index (χ4n) is 3.57. The van der Waals surface area contributed by atoms with Gasteiger partial charge < -0.3 is 9.64 Å². The SMILES string of the molecule is O=C(NC1=NN=C(c2ccccc2)CS1)c1ccc(CN2C(=O)COc3ccccc32)cc1. The van der Waals surface area contributed by atoms with Crippen LogP contribution >= 0.6 is 11.8 Å². The van der Waals surface area contributed by atoms with Crippen molar-refractivity contribution < 1.29 is 14.3 Å². The fraction of sp³-hybridized carbons (Fsp3) is 0.120. The molecule has 0 bridgehead atoms. The van der Waals surface area contributed by atoms with Crippen LogP contribution in [0.15, 0.2) is 89.1 Å². The summed E-state index contributed by atoms with van der Waals surface area (Å²) in [7, 11) is 0. The first-order valence-electron chi connectivity index (χ1n) is 10.4. The molecule has 2 heterocycles. The van der Waals surface area contributed by atoms with E-state index in [1.165, 1.54) is 11.8 Å². The van der Waals surface area contributed by atoms with Crippen LogP contribution in [0.4, 0.5) is 5.69 Å². The van der Waals surface area contributed by atoms with Crippen LogP contribution in [-0.4, -0.2) is 35.1 Å². The summed E-state index contributed by atoms with van der Waals surface area (Å²) < 4.78 is 5.49. The Morgan fingerprint density at radius 3 is 2.48 bits per heavy atom. The van der Waals surface area contributed by atoms with Crippen LogP contribution < -0.4 is 15.0 Å². The maximum Gasteiger partial charge on any atom is 0.265 e. The van der Waals surface area contributed by atoms with Gasteiger partial charge in [-0.3, -0.25) is 14.9 Å². The Morgan fingerprint density at radius 2 is 1.73 bits per heavy atom. The average molecular weight is 457 g/mol. The predicted octanol–water partition coefficient (Wildman–Crippen LogP) is 3.85. The lowest BCUT2D eigenvalue weighted by atomic mass is 10.1. The van der Waals surface area contributed by atoms with Gasteiger partial charge >= 0.3 is 0 Å². The molecule has 8 heteroatoms. The van der Waals surface area contributed by atoms with Crippen molar-refractivity contribution in [3.63, 3.8) is 0 Å². The Bertz CT molecular complexity index is 1260. The number of hydrogen-bond donors (Lipinski definition) is 1. The van der Waals surface area contributed by atoms with Crippen molar-refractivity contribution in [2.75, 3.05) is 17.3 Å². The van der Waals surface area contributed by atoms with Crippen LogP contribution in [0.5, 0.6) is 5.75 Å². The minimum Gasteiger partial charge on any atom is -0.482 e. The first kappa shape index (κ1) is 21.0. The Hall–Kier alpha value is -3.91. The number of nitrogens with zero attached hydrogens (tertiary/aromatic N) is 3. The largest absolute Gasteiger partial charge is 0.482 e. The minimum absolute atomic E-state index is 0.0196. The van der Waals surface area contributed by atoms with Gasteiger partial charge in [0.2, 0.25) is 0 Å². The number of ether oxygens (including phenoxy) is 1. The topological polar surface area (TPSA) is 83.4 Å². The molecule has 0 aromatic heterocycles. The summed E-state index contributed by atoms with van der Waals surface area (Å²) in [5, 5.41) is 11.7. The summed E-state index contributed by atoms with van der Waals surface area (Å²) in [6.45, 7) is 0.423. The van der Waals surface area contributed by atoms with Gasteiger partial charge in [-0.15, -0.1) is 5.10 Å². The molecule has 2 aliphatic rings. The molecule has 5 rings (SSSR count). The van der Waals surface area contributed by atoms with E-state index in [4.69, 9.17) is 4.74 Å². The molecule has 1 N–H and O–H groups in total. The van der Waals surface area contributed by atoms with Crippen molar-refractivity contribution in [3.8, 4) is 5.75 Å². The third kappa shape index (κ3) is 4.65. The number of para-hydroxylation sites is 2. The third-order valence-corrected chi connectivity index (χ3v) is 6.17. The molecule has 0 spiro atoms. The van der Waals surface area contributed by atoms with Gasteiger partial charge in [0, 0.05) is 11.3 Å². The highest BCUT2D eigenvalue weighted by molar-refractivity contribution is 8.14. The van der Waals surface area contributed by atoms with E-state index in [0.717, 1.165) is 22.5 Å². The molecule has 2 amide bonds. The summed E-state index contributed by atoms with van der Waals surface area (Å²) in [5.41, 5.74) is 4.07. The molecule has 0 radical (unpaired) electrons. The molecule has 0 saturated carbocycles. The van der Waals surface area contributed by atoms with Crippen molar-refractivity contribution in [1.29, 1.82) is 0 Å². The van der Waals surface area contributed by atoms with Gasteiger partial charge in [0.1, 0.15) is 5.75 Å². The quantitative estimate of drug-likeness (QED) is 0.647. The maximum atomic E-state index is 12.6. The van der Waals surface area contributed by atoms with Crippen molar-refractivity contribution in [1.82, 2.24) is 5.32 Å². The van der Waals surface area contributed by atoms with Crippen LogP contribution in [0.3, 0.4) is 0 Å². The minimum atomic E-state index is -0.251. The Morgan fingerprint density at radius 1 is 0.970 bits per heavy atom. The van der Waals surface area contributed by atoms with Gasteiger partial charge in [-0.05, 0) is 35.4 Å². The van der Waals surface area contributed by atoms with E-state index in [9.17, 15) is 9.59 Å². The van der Waals surface area contributed by atoms with E-state index in [0.29, 0.717) is 28.8 Å². The number of hydrogen-bond acceptors (Lipinski definition) is 6. The zero-order valence-electron chi connectivity index (χ0n) is 17.6. The molecule has 0 atom stereocenters. The first-order chi connectivity index (χ1) is 16.2.